The normalized spacial score (nSPS) is 10.5. The number of ether oxygens (including phenoxy) is 5. The van der Waals surface area contributed by atoms with Crippen LogP contribution in [0.5, 0.6) is 17.2 Å². The minimum atomic E-state index is -0.662. The number of rotatable bonds is 23. The zero-order chi connectivity index (χ0) is 75.4. The number of esters is 2. The van der Waals surface area contributed by atoms with Crippen molar-refractivity contribution < 1.29 is 53.2 Å². The molecule has 105 heavy (non-hydrogen) atoms. The molecule has 1 amide bonds. The number of hydrogen-bond acceptors (Lipinski definition) is 16. The van der Waals surface area contributed by atoms with Crippen LogP contribution in [0.4, 0.5) is 11.4 Å². The highest BCUT2D eigenvalue weighted by Gasteiger charge is 2.16. The minimum Gasteiger partial charge on any atom is -0.497 e. The molecule has 3 aromatic heterocycles. The van der Waals surface area contributed by atoms with Crippen molar-refractivity contribution in [1.29, 1.82) is 0 Å². The fraction of sp³-hybridized carbons (Fsp3) is 0.183. The summed E-state index contributed by atoms with van der Waals surface area (Å²) in [4.78, 5) is 88.9. The number of hydrogen-bond donors (Lipinski definition) is 3. The lowest BCUT2D eigenvalue weighted by molar-refractivity contribution is 0.0592. The summed E-state index contributed by atoms with van der Waals surface area (Å²) in [6, 6.07) is 66.1. The molecule has 0 aliphatic rings. The summed E-state index contributed by atoms with van der Waals surface area (Å²) < 4.78 is 30.2. The lowest BCUT2D eigenvalue weighted by Crippen LogP contribution is -2.30. The molecule has 0 aliphatic carbocycles. The number of nitrogens with zero attached hydrogens (tertiary/aromatic N) is 5. The summed E-state index contributed by atoms with van der Waals surface area (Å²) in [6.07, 6.45) is 7.85. The topological polar surface area (TPSA) is 239 Å². The van der Waals surface area contributed by atoms with Crippen molar-refractivity contribution >= 4 is 103 Å². The number of aliphatic hydroxyl groups excluding tert-OH is 1. The standard InChI is InChI=1S/C27H25ClN2O4.C26H24ClN3O4.C21H21NO4.C7H5ClO.CH4O/c1-33-24-11-9-23(10-12-24)30(18-19-3-7-22(28)8-4-19)16-15-29-14-13-20-5-6-21(27(32)34-2)17-25(20)26(29)31;1-34-23-10-8-22(9-11-23)30(17-18-2-6-21(27)7-3-18)15-14-29-13-12-19-4-5-20(25(31)28-33)16-24(19)26(29)32;1-25-18-9-5-15(6-10-18)4-3-12-22-13-11-16-7-8-17(21(24)26-2)14-19(16)20(22)23;8-7-3-1-6(5-9)2-4-7;1-2/h3-14,17H,15-16,18H2,1-2H3;2-13,16,33H,14-15,17H2,1H3,(H,28,31);5-11,13-14H,3-4,12H2,1-2H3;1-5H;2H,1H3. The number of carbonyl (C=O) groups excluding carboxylic acids is 4. The lowest BCUT2D eigenvalue weighted by atomic mass is 10.1. The Morgan fingerprint density at radius 2 is 0.762 bits per heavy atom. The van der Waals surface area contributed by atoms with E-state index in [2.05, 4.69) is 9.80 Å². The molecular formula is C82H79Cl3N6O14. The number of methoxy groups -OCH3 is 5. The van der Waals surface area contributed by atoms with E-state index in [9.17, 15) is 33.6 Å². The Morgan fingerprint density at radius 3 is 1.11 bits per heavy atom. The predicted molar refractivity (Wildman–Crippen MR) is 414 cm³/mol. The molecule has 0 spiro atoms. The predicted octanol–water partition coefficient (Wildman–Crippen LogP) is 14.8. The molecule has 3 N–H and O–H groups in total. The quantitative estimate of drug-likeness (QED) is 0.0233. The van der Waals surface area contributed by atoms with Crippen molar-refractivity contribution in [2.24, 2.45) is 0 Å². The number of aliphatic hydroxyl groups is 1. The van der Waals surface area contributed by atoms with E-state index in [1.807, 2.05) is 140 Å². The molecule has 23 heteroatoms. The highest BCUT2D eigenvalue weighted by molar-refractivity contribution is 6.31. The number of carbonyl (C=O) groups is 4. The van der Waals surface area contributed by atoms with Crippen LogP contribution in [0.1, 0.15) is 64.5 Å². The lowest BCUT2D eigenvalue weighted by Gasteiger charge is -2.26. The Morgan fingerprint density at radius 1 is 0.429 bits per heavy atom. The van der Waals surface area contributed by atoms with Gasteiger partial charge in [-0.05, 0) is 197 Å². The van der Waals surface area contributed by atoms with Gasteiger partial charge in [-0.25, -0.2) is 15.1 Å². The van der Waals surface area contributed by atoms with E-state index < -0.39 is 17.8 Å². The smallest absolute Gasteiger partial charge is 0.337 e. The van der Waals surface area contributed by atoms with E-state index >= 15 is 0 Å². The van der Waals surface area contributed by atoms with E-state index in [-0.39, 0.29) is 22.2 Å². The van der Waals surface area contributed by atoms with Crippen LogP contribution in [0.25, 0.3) is 32.3 Å². The van der Waals surface area contributed by atoms with Gasteiger partial charge < -0.3 is 52.3 Å². The Balaban J connectivity index is 0.000000187. The van der Waals surface area contributed by atoms with Crippen molar-refractivity contribution in [3.8, 4) is 17.2 Å². The third-order valence-electron chi connectivity index (χ3n) is 16.8. The van der Waals surface area contributed by atoms with Crippen molar-refractivity contribution in [3.63, 3.8) is 0 Å². The summed E-state index contributed by atoms with van der Waals surface area (Å²) >= 11 is 17.6. The second kappa shape index (κ2) is 39.8. The maximum Gasteiger partial charge on any atom is 0.337 e. The molecule has 20 nitrogen and oxygen atoms in total. The Hall–Kier alpha value is -11.5. The van der Waals surface area contributed by atoms with Crippen LogP contribution in [0.3, 0.4) is 0 Å². The third kappa shape index (κ3) is 22.2. The van der Waals surface area contributed by atoms with Gasteiger partial charge in [0, 0.05) is 125 Å². The van der Waals surface area contributed by atoms with E-state index in [4.69, 9.17) is 68.8 Å². The van der Waals surface area contributed by atoms with Gasteiger partial charge in [0.25, 0.3) is 22.6 Å². The Labute approximate surface area is 621 Å². The van der Waals surface area contributed by atoms with Crippen molar-refractivity contribution in [2.75, 3.05) is 65.5 Å². The molecular weight excluding hydrogens is 1400 g/mol. The molecule has 0 radical (unpaired) electrons. The molecule has 12 rings (SSSR count). The Bertz CT molecular complexity index is 4850. The first-order valence-corrected chi connectivity index (χ1v) is 34.1. The average Bonchev–Trinajstić information content (AvgIpc) is 0.808. The SMILES string of the molecule is CO.COC(=O)c1ccc2ccn(CCCc3ccc(OC)cc3)c(=O)c2c1.COC(=O)c1ccc2ccn(CCN(Cc3ccc(Cl)cc3)c3ccc(OC)cc3)c(=O)c2c1.COc1ccc(N(CCn2ccc3ccc(C(=O)NO)cc3c2=O)Cc2ccc(Cl)cc2)cc1.O=Cc1ccc(Cl)cc1. The number of fused-ring (bicyclic) bond motifs is 3. The largest absolute Gasteiger partial charge is 0.497 e. The van der Waals surface area contributed by atoms with Gasteiger partial charge >= 0.3 is 11.9 Å². The number of aryl methyl sites for hydroxylation is 2. The summed E-state index contributed by atoms with van der Waals surface area (Å²) in [7, 11) is 8.56. The number of pyridine rings is 3. The van der Waals surface area contributed by atoms with Gasteiger partial charge in [-0.1, -0.05) is 102 Å². The van der Waals surface area contributed by atoms with Crippen LogP contribution in [-0.2, 0) is 48.6 Å². The zero-order valence-electron chi connectivity index (χ0n) is 58.6. The van der Waals surface area contributed by atoms with Crippen molar-refractivity contribution in [1.82, 2.24) is 19.2 Å². The summed E-state index contributed by atoms with van der Waals surface area (Å²) in [5, 5.41) is 21.7. The molecule has 0 fully saturated rings. The van der Waals surface area contributed by atoms with Gasteiger partial charge in [0.05, 0.1) is 46.7 Å². The average molecular weight is 1480 g/mol. The number of anilines is 2. The minimum absolute atomic E-state index is 0.0945. The highest BCUT2D eigenvalue weighted by Crippen LogP contribution is 2.26. The first-order valence-electron chi connectivity index (χ1n) is 33.0. The van der Waals surface area contributed by atoms with Gasteiger partial charge in [0.15, 0.2) is 0 Å². The number of halogens is 3. The molecule has 12 aromatic rings. The summed E-state index contributed by atoms with van der Waals surface area (Å²) in [5.41, 5.74) is 8.16. The Kier molecular flexibility index (Phi) is 30.0. The molecule has 0 aliphatic heterocycles. The second-order valence-electron chi connectivity index (χ2n) is 23.4. The van der Waals surface area contributed by atoms with Crippen LogP contribution >= 0.6 is 34.8 Å². The van der Waals surface area contributed by atoms with E-state index in [1.54, 1.807) is 132 Å². The summed E-state index contributed by atoms with van der Waals surface area (Å²) in [5.74, 6) is 0.809. The van der Waals surface area contributed by atoms with Crippen molar-refractivity contribution in [2.45, 2.75) is 45.6 Å². The molecule has 542 valence electrons. The molecule has 0 saturated heterocycles. The van der Waals surface area contributed by atoms with Crippen LogP contribution in [-0.4, -0.2) is 104 Å². The van der Waals surface area contributed by atoms with Crippen LogP contribution in [0.2, 0.25) is 15.1 Å². The van der Waals surface area contributed by atoms with Gasteiger partial charge in [0.1, 0.15) is 23.5 Å². The molecule has 9 aromatic carbocycles. The van der Waals surface area contributed by atoms with E-state index in [0.717, 1.165) is 82.1 Å². The zero-order valence-corrected chi connectivity index (χ0v) is 60.9. The third-order valence-corrected chi connectivity index (χ3v) is 17.6. The molecule has 3 heterocycles. The van der Waals surface area contributed by atoms with Crippen LogP contribution in [0, 0.1) is 0 Å². The van der Waals surface area contributed by atoms with Crippen LogP contribution in [0.15, 0.2) is 251 Å². The summed E-state index contributed by atoms with van der Waals surface area (Å²) in [6.45, 7) is 3.96. The highest BCUT2D eigenvalue weighted by atomic mass is 35.5. The number of nitrogens with one attached hydrogen (secondary N) is 1. The first-order chi connectivity index (χ1) is 50.9. The number of benzene rings is 9. The van der Waals surface area contributed by atoms with Crippen molar-refractivity contribution in [3.05, 3.63) is 322 Å². The molecule has 0 atom stereocenters. The molecule has 0 bridgehead atoms. The maximum absolute atomic E-state index is 13.2. The van der Waals surface area contributed by atoms with E-state index in [0.29, 0.717) is 93.7 Å². The maximum atomic E-state index is 13.2. The molecule has 0 saturated carbocycles. The monoisotopic (exact) mass is 1480 g/mol. The first kappa shape index (κ1) is 79.2. The number of aldehydes is 1. The van der Waals surface area contributed by atoms with Gasteiger partial charge in [-0.15, -0.1) is 0 Å². The molecule has 0 unspecified atom stereocenters. The number of aromatic nitrogens is 3. The number of hydroxylamine groups is 1. The van der Waals surface area contributed by atoms with Gasteiger partial charge in [-0.2, -0.15) is 0 Å². The van der Waals surface area contributed by atoms with E-state index in [1.165, 1.54) is 25.8 Å². The van der Waals surface area contributed by atoms with Gasteiger partial charge in [-0.3, -0.25) is 29.2 Å². The van der Waals surface area contributed by atoms with Crippen LogP contribution < -0.4 is 46.2 Å². The second-order valence-corrected chi connectivity index (χ2v) is 24.7. The fourth-order valence-electron chi connectivity index (χ4n) is 11.1. The number of amides is 1. The van der Waals surface area contributed by atoms with Gasteiger partial charge in [0.2, 0.25) is 0 Å². The fourth-order valence-corrected chi connectivity index (χ4v) is 11.5.